The minimum absolute atomic E-state index is 0.154. The number of ether oxygens (including phenoxy) is 2. The van der Waals surface area contributed by atoms with E-state index in [4.69, 9.17) is 15.2 Å². The Morgan fingerprint density at radius 2 is 2.07 bits per heavy atom. The molecule has 7 nitrogen and oxygen atoms in total. The Balaban J connectivity index is 1.56. The first-order chi connectivity index (χ1) is 14.4. The summed E-state index contributed by atoms with van der Waals surface area (Å²) in [5.74, 6) is 0.497. The third-order valence-corrected chi connectivity index (χ3v) is 6.06. The molecule has 0 radical (unpaired) electrons. The first kappa shape index (κ1) is 20.7. The number of primary amides is 1. The van der Waals surface area contributed by atoms with Crippen molar-refractivity contribution in [2.24, 2.45) is 11.7 Å². The van der Waals surface area contributed by atoms with E-state index in [2.05, 4.69) is 23.7 Å². The smallest absolute Gasteiger partial charge is 0.355 e. The molecule has 1 amide bonds. The van der Waals surface area contributed by atoms with Gasteiger partial charge in [0.2, 0.25) is 5.91 Å². The summed E-state index contributed by atoms with van der Waals surface area (Å²) in [7, 11) is 0. The molecule has 2 aromatic rings. The lowest BCUT2D eigenvalue weighted by Crippen LogP contribution is -2.30. The lowest BCUT2D eigenvalue weighted by Gasteiger charge is -2.20. The minimum Gasteiger partial charge on any atom is -0.489 e. The Morgan fingerprint density at radius 3 is 2.73 bits per heavy atom. The van der Waals surface area contributed by atoms with Gasteiger partial charge in [-0.25, -0.2) is 4.79 Å². The van der Waals surface area contributed by atoms with Gasteiger partial charge in [0, 0.05) is 36.5 Å². The molecule has 1 saturated carbocycles. The summed E-state index contributed by atoms with van der Waals surface area (Å²) >= 11 is 0. The summed E-state index contributed by atoms with van der Waals surface area (Å²) in [6.45, 7) is 6.80. The predicted molar refractivity (Wildman–Crippen MR) is 115 cm³/mol. The molecule has 1 unspecified atom stereocenters. The van der Waals surface area contributed by atoms with E-state index in [-0.39, 0.29) is 18.5 Å². The molecule has 1 aromatic heterocycles. The van der Waals surface area contributed by atoms with Crippen LogP contribution in [0.15, 0.2) is 18.2 Å². The van der Waals surface area contributed by atoms with Crippen LogP contribution < -0.4 is 10.5 Å². The molecule has 0 spiro atoms. The summed E-state index contributed by atoms with van der Waals surface area (Å²) in [4.78, 5) is 29.6. The van der Waals surface area contributed by atoms with E-state index < -0.39 is 5.91 Å². The maximum Gasteiger partial charge on any atom is 0.355 e. The SMILES string of the molecule is CC(C)N1CCC(Oc2ccc3[nH]c(C(=O)OCC4CC4)c(CCC(N)=O)c3c2)C1. The molecule has 1 aromatic carbocycles. The van der Waals surface area contributed by atoms with Gasteiger partial charge in [0.05, 0.1) is 6.61 Å². The highest BCUT2D eigenvalue weighted by atomic mass is 16.5. The maximum atomic E-state index is 12.7. The van der Waals surface area contributed by atoms with Gasteiger partial charge in [-0.3, -0.25) is 9.69 Å². The molecule has 1 aliphatic carbocycles. The highest BCUT2D eigenvalue weighted by molar-refractivity contribution is 5.99. The zero-order valence-electron chi connectivity index (χ0n) is 17.8. The number of amides is 1. The Labute approximate surface area is 176 Å². The summed E-state index contributed by atoms with van der Waals surface area (Å²) in [5.41, 5.74) is 7.38. The van der Waals surface area contributed by atoms with Gasteiger partial charge < -0.3 is 20.2 Å². The first-order valence-corrected chi connectivity index (χ1v) is 10.9. The van der Waals surface area contributed by atoms with Crippen LogP contribution in [0, 0.1) is 5.92 Å². The van der Waals surface area contributed by atoms with Crippen molar-refractivity contribution >= 4 is 22.8 Å². The highest BCUT2D eigenvalue weighted by Gasteiger charge is 2.27. The topological polar surface area (TPSA) is 97.7 Å². The van der Waals surface area contributed by atoms with Crippen molar-refractivity contribution in [2.75, 3.05) is 19.7 Å². The third-order valence-electron chi connectivity index (χ3n) is 6.06. The molecular formula is C23H31N3O4. The second-order valence-corrected chi connectivity index (χ2v) is 8.81. The Morgan fingerprint density at radius 1 is 1.27 bits per heavy atom. The van der Waals surface area contributed by atoms with Gasteiger partial charge in [-0.15, -0.1) is 0 Å². The quantitative estimate of drug-likeness (QED) is 0.616. The second kappa shape index (κ2) is 8.68. The number of nitrogens with one attached hydrogen (secondary N) is 1. The number of carbonyl (C=O) groups is 2. The molecule has 7 heteroatoms. The molecule has 162 valence electrons. The molecule has 1 atom stereocenters. The molecule has 30 heavy (non-hydrogen) atoms. The number of benzene rings is 1. The van der Waals surface area contributed by atoms with E-state index >= 15 is 0 Å². The van der Waals surface area contributed by atoms with Crippen molar-refractivity contribution in [3.63, 3.8) is 0 Å². The van der Waals surface area contributed by atoms with Gasteiger partial charge >= 0.3 is 5.97 Å². The van der Waals surface area contributed by atoms with Crippen molar-refractivity contribution in [2.45, 2.75) is 58.1 Å². The van der Waals surface area contributed by atoms with E-state index in [9.17, 15) is 9.59 Å². The largest absolute Gasteiger partial charge is 0.489 e. The summed E-state index contributed by atoms with van der Waals surface area (Å²) in [5, 5.41) is 0.880. The van der Waals surface area contributed by atoms with Crippen LogP contribution in [0.5, 0.6) is 5.75 Å². The second-order valence-electron chi connectivity index (χ2n) is 8.81. The molecule has 1 saturated heterocycles. The number of nitrogens with zero attached hydrogens (tertiary/aromatic N) is 1. The fourth-order valence-corrected chi connectivity index (χ4v) is 4.04. The normalized spacial score (nSPS) is 19.5. The van der Waals surface area contributed by atoms with E-state index in [1.807, 2.05) is 18.2 Å². The van der Waals surface area contributed by atoms with Gasteiger partial charge in [0.15, 0.2) is 0 Å². The van der Waals surface area contributed by atoms with Crippen LogP contribution in [-0.4, -0.2) is 53.6 Å². The Kier molecular flexibility index (Phi) is 5.99. The average Bonchev–Trinajstić information content (AvgIpc) is 3.29. The molecular weight excluding hydrogens is 382 g/mol. The molecule has 0 bridgehead atoms. The lowest BCUT2D eigenvalue weighted by atomic mass is 10.0. The Bertz CT molecular complexity index is 932. The third kappa shape index (κ3) is 4.78. The van der Waals surface area contributed by atoms with Crippen molar-refractivity contribution in [1.82, 2.24) is 9.88 Å². The van der Waals surface area contributed by atoms with Crippen LogP contribution in [-0.2, 0) is 16.0 Å². The number of aryl methyl sites for hydroxylation is 1. The fourth-order valence-electron chi connectivity index (χ4n) is 4.04. The van der Waals surface area contributed by atoms with Crippen molar-refractivity contribution < 1.29 is 19.1 Å². The standard InChI is InChI=1S/C23H31N3O4/c1-14(2)26-10-9-17(12-26)30-16-5-7-20-19(11-16)18(6-8-21(24)27)22(25-20)23(28)29-13-15-3-4-15/h5,7,11,14-15,17,25H,3-4,6,8-10,12-13H2,1-2H3,(H2,24,27). The molecule has 2 aliphatic rings. The van der Waals surface area contributed by atoms with Gasteiger partial charge in [0.25, 0.3) is 0 Å². The van der Waals surface area contributed by atoms with Gasteiger partial charge in [-0.1, -0.05) is 0 Å². The number of hydrogen-bond donors (Lipinski definition) is 2. The highest BCUT2D eigenvalue weighted by Crippen LogP contribution is 2.32. The zero-order valence-corrected chi connectivity index (χ0v) is 17.8. The monoisotopic (exact) mass is 413 g/mol. The van der Waals surface area contributed by atoms with Crippen LogP contribution in [0.4, 0.5) is 0 Å². The fraction of sp³-hybridized carbons (Fsp3) is 0.565. The van der Waals surface area contributed by atoms with E-state index in [1.165, 1.54) is 0 Å². The van der Waals surface area contributed by atoms with Crippen molar-refractivity contribution in [1.29, 1.82) is 0 Å². The van der Waals surface area contributed by atoms with Crippen LogP contribution in [0.3, 0.4) is 0 Å². The number of H-pyrrole nitrogens is 1. The predicted octanol–water partition coefficient (Wildman–Crippen LogP) is 3.01. The van der Waals surface area contributed by atoms with Crippen LogP contribution in [0.1, 0.15) is 55.6 Å². The molecule has 3 N–H and O–H groups in total. The van der Waals surface area contributed by atoms with E-state index in [1.54, 1.807) is 0 Å². The van der Waals surface area contributed by atoms with E-state index in [0.717, 1.165) is 54.6 Å². The maximum absolute atomic E-state index is 12.7. The average molecular weight is 414 g/mol. The lowest BCUT2D eigenvalue weighted by molar-refractivity contribution is -0.117. The molecule has 2 fully saturated rings. The Hall–Kier alpha value is -2.54. The number of fused-ring (bicyclic) bond motifs is 1. The van der Waals surface area contributed by atoms with Crippen LogP contribution >= 0.6 is 0 Å². The summed E-state index contributed by atoms with van der Waals surface area (Å²) in [6.07, 6.45) is 3.94. The number of esters is 1. The number of aromatic nitrogens is 1. The molecule has 2 heterocycles. The van der Waals surface area contributed by atoms with Crippen molar-refractivity contribution in [3.05, 3.63) is 29.5 Å². The molecule has 4 rings (SSSR count). The van der Waals surface area contributed by atoms with Crippen molar-refractivity contribution in [3.8, 4) is 5.75 Å². The van der Waals surface area contributed by atoms with Crippen LogP contribution in [0.2, 0.25) is 0 Å². The number of hydrogen-bond acceptors (Lipinski definition) is 5. The minimum atomic E-state index is -0.395. The number of aromatic amines is 1. The first-order valence-electron chi connectivity index (χ1n) is 10.9. The van der Waals surface area contributed by atoms with Gasteiger partial charge in [-0.05, 0) is 69.2 Å². The summed E-state index contributed by atoms with van der Waals surface area (Å²) < 4.78 is 11.7. The van der Waals surface area contributed by atoms with Crippen LogP contribution in [0.25, 0.3) is 10.9 Å². The number of carbonyl (C=O) groups excluding carboxylic acids is 2. The van der Waals surface area contributed by atoms with E-state index in [0.29, 0.717) is 30.7 Å². The number of likely N-dealkylation sites (tertiary alicyclic amines) is 1. The molecule has 1 aliphatic heterocycles. The van der Waals surface area contributed by atoms with Gasteiger partial charge in [-0.2, -0.15) is 0 Å². The van der Waals surface area contributed by atoms with Gasteiger partial charge in [0.1, 0.15) is 17.5 Å². The summed E-state index contributed by atoms with van der Waals surface area (Å²) in [6, 6.07) is 6.31. The zero-order chi connectivity index (χ0) is 21.3. The number of rotatable bonds is 9. The number of nitrogens with two attached hydrogens (primary N) is 1.